The first-order chi connectivity index (χ1) is 10.3. The van der Waals surface area contributed by atoms with Crippen LogP contribution in [0.2, 0.25) is 0 Å². The average Bonchev–Trinajstić information content (AvgIpc) is 2.82. The number of benzene rings is 2. The fourth-order valence-electron chi connectivity index (χ4n) is 2.98. The molecular weight excluding hydrogens is 264 g/mol. The Hall–Kier alpha value is -2.88. The summed E-state index contributed by atoms with van der Waals surface area (Å²) < 4.78 is 1.98. The molecule has 0 spiro atoms. The van der Waals surface area contributed by atoms with Gasteiger partial charge < -0.3 is 5.11 Å². The Morgan fingerprint density at radius 3 is 2.57 bits per heavy atom. The van der Waals surface area contributed by atoms with Crippen LogP contribution in [0.15, 0.2) is 54.9 Å². The highest BCUT2D eigenvalue weighted by Crippen LogP contribution is 2.31. The number of carbonyl (C=O) groups is 1. The lowest BCUT2D eigenvalue weighted by molar-refractivity contribution is -0.136. The quantitative estimate of drug-likeness (QED) is 0.611. The summed E-state index contributed by atoms with van der Waals surface area (Å²) >= 11 is 0. The Morgan fingerprint density at radius 2 is 1.76 bits per heavy atom. The molecule has 2 aromatic heterocycles. The third kappa shape index (κ3) is 1.69. The Morgan fingerprint density at radius 1 is 1.05 bits per heavy atom. The van der Waals surface area contributed by atoms with Gasteiger partial charge in [0.15, 0.2) is 0 Å². The molecule has 0 saturated carbocycles. The number of rotatable bonds is 2. The molecule has 2 aromatic carbocycles. The van der Waals surface area contributed by atoms with Crippen molar-refractivity contribution in [3.05, 3.63) is 60.4 Å². The molecule has 0 saturated heterocycles. The van der Waals surface area contributed by atoms with Crippen molar-refractivity contribution in [1.29, 1.82) is 0 Å². The van der Waals surface area contributed by atoms with E-state index in [4.69, 9.17) is 0 Å². The Bertz CT molecular complexity index is 1000. The molecule has 0 aliphatic rings. The van der Waals surface area contributed by atoms with E-state index in [-0.39, 0.29) is 6.42 Å². The fraction of sp³-hybridized carbons (Fsp3) is 0.0588. The van der Waals surface area contributed by atoms with Crippen molar-refractivity contribution in [3.8, 4) is 0 Å². The van der Waals surface area contributed by atoms with Gasteiger partial charge in [0.1, 0.15) is 6.33 Å². The lowest BCUT2D eigenvalue weighted by Gasteiger charge is -2.03. The highest BCUT2D eigenvalue weighted by atomic mass is 16.4. The maximum Gasteiger partial charge on any atom is 0.307 e. The molecule has 2 heterocycles. The minimum Gasteiger partial charge on any atom is -0.481 e. The van der Waals surface area contributed by atoms with Gasteiger partial charge in [0.2, 0.25) is 0 Å². The first-order valence-corrected chi connectivity index (χ1v) is 6.73. The highest BCUT2D eigenvalue weighted by Gasteiger charge is 2.16. The number of carboxylic acid groups (broad SMARTS) is 1. The lowest BCUT2D eigenvalue weighted by Crippen LogP contribution is -2.00. The Kier molecular flexibility index (Phi) is 2.44. The number of nitrogens with zero attached hydrogens (tertiary/aromatic N) is 2. The molecule has 0 fully saturated rings. The zero-order valence-electron chi connectivity index (χ0n) is 11.2. The van der Waals surface area contributed by atoms with Crippen molar-refractivity contribution in [3.63, 3.8) is 0 Å². The molecule has 0 amide bonds. The van der Waals surface area contributed by atoms with Crippen LogP contribution in [0.1, 0.15) is 5.56 Å². The van der Waals surface area contributed by atoms with E-state index in [0.717, 1.165) is 32.9 Å². The molecule has 1 N–H and O–H groups in total. The number of fused-ring (bicyclic) bond motifs is 5. The maximum absolute atomic E-state index is 11.3. The maximum atomic E-state index is 11.3. The third-order valence-corrected chi connectivity index (χ3v) is 3.81. The number of carboxylic acids is 1. The standard InChI is InChI=1S/C17H12N2O2/c20-16(21)9-13-11-5-2-4-8-15(11)19-10-18-14-7-3-1-6-12(14)17(13)19/h1-8,10H,9H2,(H,20,21). The van der Waals surface area contributed by atoms with Crippen LogP contribution in [0.4, 0.5) is 0 Å². The lowest BCUT2D eigenvalue weighted by atomic mass is 10.1. The molecular formula is C17H12N2O2. The van der Waals surface area contributed by atoms with E-state index >= 15 is 0 Å². The molecule has 102 valence electrons. The van der Waals surface area contributed by atoms with Crippen molar-refractivity contribution in [2.24, 2.45) is 0 Å². The van der Waals surface area contributed by atoms with Crippen molar-refractivity contribution < 1.29 is 9.90 Å². The molecule has 4 rings (SSSR count). The van der Waals surface area contributed by atoms with Crippen LogP contribution < -0.4 is 0 Å². The number of hydrogen-bond acceptors (Lipinski definition) is 2. The largest absolute Gasteiger partial charge is 0.481 e. The summed E-state index contributed by atoms with van der Waals surface area (Å²) in [6.07, 6.45) is 1.77. The molecule has 0 unspecified atom stereocenters. The SMILES string of the molecule is O=C(O)Cc1c2ccccc2n2cnc3ccccc3c12. The summed E-state index contributed by atoms with van der Waals surface area (Å²) in [5, 5.41) is 11.2. The molecule has 4 aromatic rings. The normalized spacial score (nSPS) is 11.4. The number of aromatic nitrogens is 2. The van der Waals surface area contributed by atoms with Gasteiger partial charge in [-0.1, -0.05) is 36.4 Å². The fourth-order valence-corrected chi connectivity index (χ4v) is 2.98. The van der Waals surface area contributed by atoms with E-state index in [1.165, 1.54) is 0 Å². The second-order valence-electron chi connectivity index (χ2n) is 5.05. The smallest absolute Gasteiger partial charge is 0.307 e. The minimum absolute atomic E-state index is 0.00498. The topological polar surface area (TPSA) is 54.6 Å². The van der Waals surface area contributed by atoms with Crippen LogP contribution in [0, 0.1) is 0 Å². The van der Waals surface area contributed by atoms with E-state index in [1.807, 2.05) is 52.9 Å². The molecule has 0 aliphatic carbocycles. The first-order valence-electron chi connectivity index (χ1n) is 6.73. The third-order valence-electron chi connectivity index (χ3n) is 3.81. The molecule has 4 nitrogen and oxygen atoms in total. The van der Waals surface area contributed by atoms with E-state index in [1.54, 1.807) is 6.33 Å². The van der Waals surface area contributed by atoms with E-state index in [2.05, 4.69) is 4.98 Å². The van der Waals surface area contributed by atoms with Gasteiger partial charge in [0.25, 0.3) is 0 Å². The van der Waals surface area contributed by atoms with Crippen LogP contribution in [0.3, 0.4) is 0 Å². The van der Waals surface area contributed by atoms with Gasteiger partial charge in [0, 0.05) is 10.8 Å². The molecule has 0 radical (unpaired) electrons. The second-order valence-corrected chi connectivity index (χ2v) is 5.05. The predicted molar refractivity (Wildman–Crippen MR) is 81.5 cm³/mol. The van der Waals surface area contributed by atoms with Crippen molar-refractivity contribution in [1.82, 2.24) is 9.38 Å². The molecule has 0 bridgehead atoms. The summed E-state index contributed by atoms with van der Waals surface area (Å²) in [5.74, 6) is -0.825. The minimum atomic E-state index is -0.825. The van der Waals surface area contributed by atoms with Crippen LogP contribution in [0.5, 0.6) is 0 Å². The van der Waals surface area contributed by atoms with E-state index in [0.29, 0.717) is 0 Å². The average molecular weight is 276 g/mol. The van der Waals surface area contributed by atoms with Gasteiger partial charge in [-0.2, -0.15) is 0 Å². The van der Waals surface area contributed by atoms with Gasteiger partial charge in [-0.25, -0.2) is 4.98 Å². The molecule has 21 heavy (non-hydrogen) atoms. The summed E-state index contributed by atoms with van der Waals surface area (Å²) in [4.78, 5) is 15.7. The zero-order chi connectivity index (χ0) is 14.4. The van der Waals surface area contributed by atoms with Gasteiger partial charge in [-0.15, -0.1) is 0 Å². The highest BCUT2D eigenvalue weighted by molar-refractivity contribution is 6.05. The molecule has 0 atom stereocenters. The second kappa shape index (κ2) is 4.31. The monoisotopic (exact) mass is 276 g/mol. The number of aliphatic carboxylic acids is 1. The first kappa shape index (κ1) is 11.9. The Balaban J connectivity index is 2.27. The van der Waals surface area contributed by atoms with E-state index in [9.17, 15) is 9.90 Å². The van der Waals surface area contributed by atoms with E-state index < -0.39 is 5.97 Å². The summed E-state index contributed by atoms with van der Waals surface area (Å²) in [6, 6.07) is 15.7. The van der Waals surface area contributed by atoms with Gasteiger partial charge in [-0.05, 0) is 17.7 Å². The van der Waals surface area contributed by atoms with Crippen molar-refractivity contribution in [2.75, 3.05) is 0 Å². The van der Waals surface area contributed by atoms with Gasteiger partial charge >= 0.3 is 5.97 Å². The Labute approximate surface area is 120 Å². The van der Waals surface area contributed by atoms with Crippen LogP contribution in [-0.4, -0.2) is 20.5 Å². The van der Waals surface area contributed by atoms with Crippen molar-refractivity contribution in [2.45, 2.75) is 6.42 Å². The van der Waals surface area contributed by atoms with Crippen molar-refractivity contribution >= 4 is 33.3 Å². The van der Waals surface area contributed by atoms with Crippen LogP contribution in [-0.2, 0) is 11.2 Å². The van der Waals surface area contributed by atoms with Crippen LogP contribution in [0.25, 0.3) is 27.3 Å². The summed E-state index contributed by atoms with van der Waals surface area (Å²) in [7, 11) is 0. The number of para-hydroxylation sites is 2. The van der Waals surface area contributed by atoms with Gasteiger partial charge in [-0.3, -0.25) is 9.20 Å². The predicted octanol–water partition coefficient (Wildman–Crippen LogP) is 3.27. The summed E-state index contributed by atoms with van der Waals surface area (Å²) in [6.45, 7) is 0. The van der Waals surface area contributed by atoms with Crippen LogP contribution >= 0.6 is 0 Å². The summed E-state index contributed by atoms with van der Waals surface area (Å²) in [5.41, 5.74) is 3.64. The number of hydrogen-bond donors (Lipinski definition) is 1. The molecule has 0 aliphatic heterocycles. The zero-order valence-corrected chi connectivity index (χ0v) is 11.2. The molecule has 4 heteroatoms. The van der Waals surface area contributed by atoms with Gasteiger partial charge in [0.05, 0.1) is 23.0 Å².